The summed E-state index contributed by atoms with van der Waals surface area (Å²) in [5.41, 5.74) is 5.27. The SMILES string of the molecule is Oc1cc2c(c3c4c(ccc13)CCC4)[C@H](CCl)CN2. The normalized spacial score (nSPS) is 20.4. The predicted molar refractivity (Wildman–Crippen MR) is 79.6 cm³/mol. The van der Waals surface area contributed by atoms with E-state index in [0.717, 1.165) is 30.5 Å². The number of aryl methyl sites for hydroxylation is 2. The van der Waals surface area contributed by atoms with E-state index in [1.807, 2.05) is 6.07 Å². The zero-order chi connectivity index (χ0) is 13.0. The number of hydrogen-bond donors (Lipinski definition) is 2. The number of alkyl halides is 1. The van der Waals surface area contributed by atoms with E-state index >= 15 is 0 Å². The first-order chi connectivity index (χ1) is 9.29. The number of phenolic OH excluding ortho intramolecular Hbond substituents is 1. The molecule has 2 aromatic rings. The molecule has 1 heterocycles. The van der Waals surface area contributed by atoms with E-state index in [-0.39, 0.29) is 0 Å². The Labute approximate surface area is 117 Å². The molecule has 2 aromatic carbocycles. The predicted octanol–water partition coefficient (Wildman–Crippen LogP) is 3.78. The minimum atomic E-state index is 0.354. The molecule has 3 heteroatoms. The second-order valence-corrected chi connectivity index (χ2v) is 5.88. The minimum absolute atomic E-state index is 0.354. The zero-order valence-corrected chi connectivity index (χ0v) is 11.4. The molecule has 1 atom stereocenters. The number of rotatable bonds is 1. The van der Waals surface area contributed by atoms with Crippen LogP contribution >= 0.6 is 11.6 Å². The van der Waals surface area contributed by atoms with Crippen molar-refractivity contribution < 1.29 is 5.11 Å². The van der Waals surface area contributed by atoms with Crippen molar-refractivity contribution in [3.63, 3.8) is 0 Å². The van der Waals surface area contributed by atoms with Gasteiger partial charge < -0.3 is 10.4 Å². The Hall–Kier alpha value is -1.41. The van der Waals surface area contributed by atoms with Gasteiger partial charge in [-0.3, -0.25) is 0 Å². The van der Waals surface area contributed by atoms with Crippen LogP contribution in [0.2, 0.25) is 0 Å². The molecule has 1 aliphatic heterocycles. The average Bonchev–Trinajstić information content (AvgIpc) is 3.03. The molecule has 0 saturated carbocycles. The molecule has 1 aliphatic carbocycles. The van der Waals surface area contributed by atoms with E-state index in [2.05, 4.69) is 17.4 Å². The summed E-state index contributed by atoms with van der Waals surface area (Å²) in [6.45, 7) is 0.876. The van der Waals surface area contributed by atoms with Crippen LogP contribution in [0.15, 0.2) is 18.2 Å². The molecule has 0 radical (unpaired) electrons. The molecule has 0 aromatic heterocycles. The summed E-state index contributed by atoms with van der Waals surface area (Å²) < 4.78 is 0. The summed E-state index contributed by atoms with van der Waals surface area (Å²) >= 11 is 6.12. The Morgan fingerprint density at radius 2 is 2.21 bits per heavy atom. The van der Waals surface area contributed by atoms with Gasteiger partial charge in [-0.2, -0.15) is 0 Å². The van der Waals surface area contributed by atoms with Gasteiger partial charge in [-0.25, -0.2) is 0 Å². The third kappa shape index (κ3) is 1.50. The van der Waals surface area contributed by atoms with E-state index in [0.29, 0.717) is 17.5 Å². The Morgan fingerprint density at radius 1 is 1.32 bits per heavy atom. The van der Waals surface area contributed by atoms with Gasteiger partial charge in [0.1, 0.15) is 5.75 Å². The van der Waals surface area contributed by atoms with Crippen molar-refractivity contribution in [3.8, 4) is 5.75 Å². The molecule has 2 nitrogen and oxygen atoms in total. The molecule has 0 unspecified atom stereocenters. The third-order valence-electron chi connectivity index (χ3n) is 4.53. The number of hydrogen-bond acceptors (Lipinski definition) is 2. The molecule has 0 saturated heterocycles. The van der Waals surface area contributed by atoms with Gasteiger partial charge in [0.15, 0.2) is 0 Å². The number of phenols is 1. The lowest BCUT2D eigenvalue weighted by Gasteiger charge is -2.15. The molecular weight excluding hydrogens is 258 g/mol. The van der Waals surface area contributed by atoms with Crippen molar-refractivity contribution >= 4 is 28.1 Å². The molecule has 0 fully saturated rings. The first-order valence-electron chi connectivity index (χ1n) is 6.89. The lowest BCUT2D eigenvalue weighted by atomic mass is 9.90. The number of benzene rings is 2. The van der Waals surface area contributed by atoms with Crippen LogP contribution in [0.3, 0.4) is 0 Å². The monoisotopic (exact) mass is 273 g/mol. The molecule has 98 valence electrons. The van der Waals surface area contributed by atoms with Crippen LogP contribution in [0, 0.1) is 0 Å². The molecule has 2 N–H and O–H groups in total. The van der Waals surface area contributed by atoms with Crippen molar-refractivity contribution in [1.82, 2.24) is 0 Å². The van der Waals surface area contributed by atoms with Crippen molar-refractivity contribution in [2.75, 3.05) is 17.7 Å². The Morgan fingerprint density at radius 3 is 3.05 bits per heavy atom. The van der Waals surface area contributed by atoms with Gasteiger partial charge in [0.25, 0.3) is 0 Å². The lowest BCUT2D eigenvalue weighted by molar-refractivity contribution is 0.482. The van der Waals surface area contributed by atoms with E-state index in [1.165, 1.54) is 28.5 Å². The highest BCUT2D eigenvalue weighted by Gasteiger charge is 2.28. The number of anilines is 1. The van der Waals surface area contributed by atoms with Crippen LogP contribution in [0.5, 0.6) is 5.75 Å². The second kappa shape index (κ2) is 4.04. The lowest BCUT2D eigenvalue weighted by Crippen LogP contribution is -2.03. The maximum atomic E-state index is 10.3. The standard InChI is InChI=1S/C16H16ClNO/c17-7-10-8-18-13-6-14(19)12-5-4-9-2-1-3-11(9)16(12)15(10)13/h4-6,10,18-19H,1-3,7-8H2/t10-/m1/s1. The maximum absolute atomic E-state index is 10.3. The first-order valence-corrected chi connectivity index (χ1v) is 7.43. The quantitative estimate of drug-likeness (QED) is 0.775. The van der Waals surface area contributed by atoms with E-state index in [1.54, 1.807) is 0 Å². The minimum Gasteiger partial charge on any atom is -0.507 e. The van der Waals surface area contributed by atoms with Gasteiger partial charge in [0.05, 0.1) is 0 Å². The number of fused-ring (bicyclic) bond motifs is 5. The first kappa shape index (κ1) is 11.4. The van der Waals surface area contributed by atoms with Gasteiger partial charge in [0.2, 0.25) is 0 Å². The fourth-order valence-electron chi connectivity index (χ4n) is 3.65. The smallest absolute Gasteiger partial charge is 0.125 e. The summed E-state index contributed by atoms with van der Waals surface area (Å²) in [5.74, 6) is 1.36. The molecule has 0 spiro atoms. The van der Waals surface area contributed by atoms with Gasteiger partial charge in [0, 0.05) is 35.5 Å². The van der Waals surface area contributed by atoms with Crippen LogP contribution in [-0.2, 0) is 12.8 Å². The van der Waals surface area contributed by atoms with Gasteiger partial charge in [-0.1, -0.05) is 12.1 Å². The van der Waals surface area contributed by atoms with Crippen LogP contribution in [0.25, 0.3) is 10.8 Å². The highest BCUT2D eigenvalue weighted by Crippen LogP contribution is 2.45. The highest BCUT2D eigenvalue weighted by atomic mass is 35.5. The second-order valence-electron chi connectivity index (χ2n) is 5.57. The molecule has 4 rings (SSSR count). The van der Waals surface area contributed by atoms with Crippen LogP contribution < -0.4 is 5.32 Å². The van der Waals surface area contributed by atoms with E-state index < -0.39 is 0 Å². The summed E-state index contributed by atoms with van der Waals surface area (Å²) in [6.07, 6.45) is 3.50. The summed E-state index contributed by atoms with van der Waals surface area (Å²) in [7, 11) is 0. The Bertz CT molecular complexity index is 680. The van der Waals surface area contributed by atoms with Crippen molar-refractivity contribution in [2.45, 2.75) is 25.2 Å². The number of nitrogens with one attached hydrogen (secondary N) is 1. The molecule has 0 amide bonds. The Kier molecular flexibility index (Phi) is 2.43. The third-order valence-corrected chi connectivity index (χ3v) is 4.91. The van der Waals surface area contributed by atoms with Crippen LogP contribution in [-0.4, -0.2) is 17.5 Å². The maximum Gasteiger partial charge on any atom is 0.125 e. The van der Waals surface area contributed by atoms with Gasteiger partial charge in [-0.15, -0.1) is 11.6 Å². The largest absolute Gasteiger partial charge is 0.507 e. The van der Waals surface area contributed by atoms with Crippen LogP contribution in [0.4, 0.5) is 5.69 Å². The summed E-state index contributed by atoms with van der Waals surface area (Å²) in [5, 5.41) is 15.9. The van der Waals surface area contributed by atoms with Crippen molar-refractivity contribution in [1.29, 1.82) is 0 Å². The Balaban J connectivity index is 2.14. The fraction of sp³-hybridized carbons (Fsp3) is 0.375. The highest BCUT2D eigenvalue weighted by molar-refractivity contribution is 6.18. The van der Waals surface area contributed by atoms with Gasteiger partial charge in [-0.05, 0) is 41.3 Å². The average molecular weight is 274 g/mol. The fourth-order valence-corrected chi connectivity index (χ4v) is 3.91. The molecule has 0 bridgehead atoms. The topological polar surface area (TPSA) is 32.3 Å². The summed E-state index contributed by atoms with van der Waals surface area (Å²) in [4.78, 5) is 0. The molecule has 2 aliphatic rings. The van der Waals surface area contributed by atoms with Gasteiger partial charge >= 0.3 is 0 Å². The molecular formula is C16H16ClNO. The van der Waals surface area contributed by atoms with E-state index in [9.17, 15) is 5.11 Å². The number of halogens is 1. The van der Waals surface area contributed by atoms with E-state index in [4.69, 9.17) is 11.6 Å². The zero-order valence-electron chi connectivity index (χ0n) is 10.7. The molecule has 19 heavy (non-hydrogen) atoms. The summed E-state index contributed by atoms with van der Waals surface area (Å²) in [6, 6.07) is 6.10. The number of aromatic hydroxyl groups is 1. The van der Waals surface area contributed by atoms with Crippen molar-refractivity contribution in [3.05, 3.63) is 34.9 Å². The van der Waals surface area contributed by atoms with Crippen LogP contribution in [0.1, 0.15) is 29.0 Å². The van der Waals surface area contributed by atoms with Crippen molar-refractivity contribution in [2.24, 2.45) is 0 Å².